The molecule has 0 spiro atoms. The smallest absolute Gasteiger partial charge is 0.148 e. The number of aliphatic hydroxyl groups excluding tert-OH is 1. The molecule has 3 heterocycles. The fourth-order valence-electron chi connectivity index (χ4n) is 3.89. The number of aryl methyl sites for hydroxylation is 2. The summed E-state index contributed by atoms with van der Waals surface area (Å²) in [5.41, 5.74) is 5.53. The molecule has 7 heteroatoms. The Morgan fingerprint density at radius 2 is 2.07 bits per heavy atom. The Hall–Kier alpha value is -3.71. The molecule has 0 fully saturated rings. The number of hydrogen-bond acceptors (Lipinski definition) is 5. The number of rotatable bonds is 5. The van der Waals surface area contributed by atoms with Gasteiger partial charge >= 0.3 is 0 Å². The Morgan fingerprint density at radius 1 is 1.17 bits per heavy atom. The SMILES string of the molecule is Cc1ccc2ncccc2c1C(CO)Oc1ccc2[nH]nc(-c3cnn(C)c3)c2c1. The first-order chi connectivity index (χ1) is 14.6. The zero-order valence-corrected chi connectivity index (χ0v) is 16.7. The third-order valence-corrected chi connectivity index (χ3v) is 5.32. The van der Waals surface area contributed by atoms with E-state index in [1.54, 1.807) is 17.1 Å². The predicted octanol–water partition coefficient (Wildman–Crippen LogP) is 3.93. The Balaban J connectivity index is 1.56. The second kappa shape index (κ2) is 7.27. The summed E-state index contributed by atoms with van der Waals surface area (Å²) in [5.74, 6) is 0.661. The summed E-state index contributed by atoms with van der Waals surface area (Å²) in [6, 6.07) is 13.7. The number of pyridine rings is 1. The number of nitrogens with zero attached hydrogens (tertiary/aromatic N) is 4. The van der Waals surface area contributed by atoms with Crippen LogP contribution in [0.3, 0.4) is 0 Å². The molecule has 150 valence electrons. The van der Waals surface area contributed by atoms with Crippen LogP contribution >= 0.6 is 0 Å². The van der Waals surface area contributed by atoms with Crippen LogP contribution in [0.2, 0.25) is 0 Å². The van der Waals surface area contributed by atoms with Gasteiger partial charge in [0.25, 0.3) is 0 Å². The summed E-state index contributed by atoms with van der Waals surface area (Å²) in [6.07, 6.45) is 4.96. The molecule has 0 radical (unpaired) electrons. The summed E-state index contributed by atoms with van der Waals surface area (Å²) in [4.78, 5) is 4.43. The highest BCUT2D eigenvalue weighted by atomic mass is 16.5. The van der Waals surface area contributed by atoms with Crippen LogP contribution in [0.4, 0.5) is 0 Å². The number of hydrogen-bond donors (Lipinski definition) is 2. The average Bonchev–Trinajstić information content (AvgIpc) is 3.38. The summed E-state index contributed by atoms with van der Waals surface area (Å²) < 4.78 is 8.02. The first-order valence-electron chi connectivity index (χ1n) is 9.73. The van der Waals surface area contributed by atoms with Crippen molar-refractivity contribution >= 4 is 21.8 Å². The van der Waals surface area contributed by atoms with Gasteiger partial charge in [-0.15, -0.1) is 0 Å². The Kier molecular flexibility index (Phi) is 4.44. The largest absolute Gasteiger partial charge is 0.483 e. The number of aromatic nitrogens is 5. The van der Waals surface area contributed by atoms with Crippen molar-refractivity contribution in [2.75, 3.05) is 6.61 Å². The summed E-state index contributed by atoms with van der Waals surface area (Å²) in [7, 11) is 1.88. The van der Waals surface area contributed by atoms with Crippen LogP contribution in [0, 0.1) is 6.92 Å². The van der Waals surface area contributed by atoms with Gasteiger partial charge < -0.3 is 9.84 Å². The monoisotopic (exact) mass is 399 g/mol. The number of aliphatic hydroxyl groups is 1. The zero-order chi connectivity index (χ0) is 20.7. The Labute approximate surface area is 173 Å². The number of aromatic amines is 1. The number of fused-ring (bicyclic) bond motifs is 2. The minimum Gasteiger partial charge on any atom is -0.483 e. The molecule has 0 saturated heterocycles. The van der Waals surface area contributed by atoms with E-state index in [9.17, 15) is 5.11 Å². The number of ether oxygens (including phenoxy) is 1. The topological polar surface area (TPSA) is 88.8 Å². The van der Waals surface area contributed by atoms with Crippen molar-refractivity contribution in [3.63, 3.8) is 0 Å². The predicted molar refractivity (Wildman–Crippen MR) is 115 cm³/mol. The van der Waals surface area contributed by atoms with Gasteiger partial charge in [0.15, 0.2) is 0 Å². The van der Waals surface area contributed by atoms with Crippen molar-refractivity contribution in [1.29, 1.82) is 0 Å². The normalized spacial score (nSPS) is 12.5. The van der Waals surface area contributed by atoms with Crippen LogP contribution in [-0.2, 0) is 7.05 Å². The van der Waals surface area contributed by atoms with Crippen LogP contribution in [0.5, 0.6) is 5.75 Å². The molecule has 30 heavy (non-hydrogen) atoms. The van der Waals surface area contributed by atoms with Crippen molar-refractivity contribution in [2.45, 2.75) is 13.0 Å². The van der Waals surface area contributed by atoms with E-state index < -0.39 is 6.10 Å². The Morgan fingerprint density at radius 3 is 2.87 bits per heavy atom. The van der Waals surface area contributed by atoms with Gasteiger partial charge in [0.1, 0.15) is 17.5 Å². The molecular weight excluding hydrogens is 378 g/mol. The van der Waals surface area contributed by atoms with E-state index in [4.69, 9.17) is 4.74 Å². The molecule has 1 unspecified atom stereocenters. The first kappa shape index (κ1) is 18.3. The van der Waals surface area contributed by atoms with Gasteiger partial charge in [-0.25, -0.2) is 0 Å². The van der Waals surface area contributed by atoms with Gasteiger partial charge in [0.05, 0.1) is 23.8 Å². The molecule has 0 saturated carbocycles. The summed E-state index contributed by atoms with van der Waals surface area (Å²) in [5, 5.41) is 23.8. The molecule has 5 aromatic rings. The zero-order valence-electron chi connectivity index (χ0n) is 16.7. The van der Waals surface area contributed by atoms with E-state index >= 15 is 0 Å². The summed E-state index contributed by atoms with van der Waals surface area (Å²) >= 11 is 0. The lowest BCUT2D eigenvalue weighted by molar-refractivity contribution is 0.117. The van der Waals surface area contributed by atoms with E-state index in [1.807, 2.05) is 62.6 Å². The van der Waals surface area contributed by atoms with Crippen molar-refractivity contribution in [3.05, 3.63) is 72.2 Å². The third-order valence-electron chi connectivity index (χ3n) is 5.32. The van der Waals surface area contributed by atoms with E-state index in [1.165, 1.54) is 0 Å². The van der Waals surface area contributed by atoms with Gasteiger partial charge in [-0.05, 0) is 42.8 Å². The molecule has 5 rings (SSSR count). The molecule has 0 amide bonds. The van der Waals surface area contributed by atoms with Crippen molar-refractivity contribution in [3.8, 4) is 17.0 Å². The van der Waals surface area contributed by atoms with Crippen LogP contribution in [0.15, 0.2) is 61.1 Å². The van der Waals surface area contributed by atoms with Gasteiger partial charge in [-0.3, -0.25) is 14.8 Å². The number of benzene rings is 2. The van der Waals surface area contributed by atoms with Crippen molar-refractivity contribution < 1.29 is 9.84 Å². The average molecular weight is 399 g/mol. The Bertz CT molecular complexity index is 1350. The molecule has 2 aromatic carbocycles. The lowest BCUT2D eigenvalue weighted by Gasteiger charge is -2.21. The van der Waals surface area contributed by atoms with E-state index in [0.717, 1.165) is 44.2 Å². The van der Waals surface area contributed by atoms with E-state index in [2.05, 4.69) is 20.3 Å². The summed E-state index contributed by atoms with van der Waals surface area (Å²) in [6.45, 7) is 1.88. The minimum atomic E-state index is -0.510. The molecule has 0 aliphatic heterocycles. The molecule has 0 aliphatic carbocycles. The minimum absolute atomic E-state index is 0.145. The fraction of sp³-hybridized carbons (Fsp3) is 0.174. The van der Waals surface area contributed by atoms with Crippen molar-refractivity contribution in [1.82, 2.24) is 25.0 Å². The molecule has 7 nitrogen and oxygen atoms in total. The van der Waals surface area contributed by atoms with Crippen LogP contribution in [0.25, 0.3) is 33.1 Å². The first-order valence-corrected chi connectivity index (χ1v) is 9.73. The van der Waals surface area contributed by atoms with E-state index in [0.29, 0.717) is 5.75 Å². The second-order valence-corrected chi connectivity index (χ2v) is 7.34. The number of nitrogens with one attached hydrogen (secondary N) is 1. The maximum Gasteiger partial charge on any atom is 0.148 e. The van der Waals surface area contributed by atoms with Crippen LogP contribution in [0.1, 0.15) is 17.2 Å². The molecule has 0 aliphatic rings. The van der Waals surface area contributed by atoms with Crippen LogP contribution in [-0.4, -0.2) is 36.7 Å². The fourth-order valence-corrected chi connectivity index (χ4v) is 3.89. The highest BCUT2D eigenvalue weighted by Crippen LogP contribution is 2.33. The molecule has 0 bridgehead atoms. The molecular formula is C23H21N5O2. The quantitative estimate of drug-likeness (QED) is 0.467. The van der Waals surface area contributed by atoms with Gasteiger partial charge in [0, 0.05) is 41.3 Å². The lowest BCUT2D eigenvalue weighted by Crippen LogP contribution is -2.14. The van der Waals surface area contributed by atoms with Gasteiger partial charge in [0.2, 0.25) is 0 Å². The molecule has 1 atom stereocenters. The molecule has 3 aromatic heterocycles. The highest BCUT2D eigenvalue weighted by molar-refractivity contribution is 5.93. The van der Waals surface area contributed by atoms with Crippen molar-refractivity contribution in [2.24, 2.45) is 7.05 Å². The number of H-pyrrole nitrogens is 1. The van der Waals surface area contributed by atoms with Gasteiger partial charge in [-0.1, -0.05) is 12.1 Å². The molecule has 2 N–H and O–H groups in total. The standard InChI is InChI=1S/C23H21N5O2/c1-14-5-7-19-17(4-3-9-24-19)22(14)21(13-29)30-16-6-8-20-18(10-16)23(27-26-20)15-11-25-28(2)12-15/h3-12,21,29H,13H2,1-2H3,(H,26,27). The van der Waals surface area contributed by atoms with Gasteiger partial charge in [-0.2, -0.15) is 10.2 Å². The second-order valence-electron chi connectivity index (χ2n) is 7.34. The third kappa shape index (κ3) is 3.09. The van der Waals surface area contributed by atoms with Crippen LogP contribution < -0.4 is 4.74 Å². The highest BCUT2D eigenvalue weighted by Gasteiger charge is 2.19. The lowest BCUT2D eigenvalue weighted by atomic mass is 9.98. The maximum atomic E-state index is 10.2. The maximum absolute atomic E-state index is 10.2. The van der Waals surface area contributed by atoms with E-state index in [-0.39, 0.29) is 6.61 Å².